The highest BCUT2D eigenvalue weighted by atomic mass is 16.5. The minimum Gasteiger partial charge on any atom is -0.493 e. The van der Waals surface area contributed by atoms with Gasteiger partial charge >= 0.3 is 0 Å². The van der Waals surface area contributed by atoms with E-state index in [0.29, 0.717) is 11.3 Å². The molecule has 0 aromatic heterocycles. The van der Waals surface area contributed by atoms with E-state index >= 15 is 0 Å². The van der Waals surface area contributed by atoms with Gasteiger partial charge in [0, 0.05) is 6.54 Å². The zero-order valence-corrected chi connectivity index (χ0v) is 14.1. The first kappa shape index (κ1) is 17.3. The van der Waals surface area contributed by atoms with Crippen molar-refractivity contribution in [1.29, 1.82) is 0 Å². The van der Waals surface area contributed by atoms with Crippen molar-refractivity contribution in [3.63, 3.8) is 0 Å². The van der Waals surface area contributed by atoms with E-state index in [9.17, 15) is 0 Å². The van der Waals surface area contributed by atoms with Gasteiger partial charge in [0.15, 0.2) is 0 Å². The second kappa shape index (κ2) is 8.51. The summed E-state index contributed by atoms with van der Waals surface area (Å²) in [6.07, 6.45) is 10.3. The van der Waals surface area contributed by atoms with Crippen molar-refractivity contribution in [2.45, 2.75) is 53.9 Å². The van der Waals surface area contributed by atoms with Crippen molar-refractivity contribution in [3.8, 4) is 0 Å². The second-order valence-corrected chi connectivity index (χ2v) is 6.86. The molecule has 0 aromatic carbocycles. The Morgan fingerprint density at radius 1 is 1.15 bits per heavy atom. The molecule has 0 saturated carbocycles. The first-order chi connectivity index (χ1) is 9.47. The molecular weight excluding hydrogens is 246 g/mol. The van der Waals surface area contributed by atoms with Crippen LogP contribution in [0.3, 0.4) is 0 Å². The van der Waals surface area contributed by atoms with Crippen LogP contribution in [0.2, 0.25) is 0 Å². The van der Waals surface area contributed by atoms with E-state index in [1.54, 1.807) is 0 Å². The lowest BCUT2D eigenvalue weighted by molar-refractivity contribution is 0.160. The van der Waals surface area contributed by atoms with Crippen LogP contribution >= 0.6 is 0 Å². The Hall–Kier alpha value is -0.760. The molecule has 2 nitrogen and oxygen atoms in total. The minimum atomic E-state index is 0.345. The van der Waals surface area contributed by atoms with E-state index in [0.717, 1.165) is 25.3 Å². The van der Waals surface area contributed by atoms with Gasteiger partial charge in [0.2, 0.25) is 0 Å². The van der Waals surface area contributed by atoms with Gasteiger partial charge in [0.1, 0.15) is 12.4 Å². The molecule has 1 unspecified atom stereocenters. The predicted molar refractivity (Wildman–Crippen MR) is 87.8 cm³/mol. The normalized spacial score (nSPS) is 19.3. The van der Waals surface area contributed by atoms with Gasteiger partial charge in [-0.1, -0.05) is 40.7 Å². The summed E-state index contributed by atoms with van der Waals surface area (Å²) in [6, 6.07) is 0. The molecule has 0 N–H and O–H groups in total. The fourth-order valence-electron chi connectivity index (χ4n) is 2.61. The van der Waals surface area contributed by atoms with Crippen LogP contribution in [0.5, 0.6) is 0 Å². The third kappa shape index (κ3) is 6.13. The fraction of sp³-hybridized carbons (Fsp3) is 0.778. The zero-order chi connectivity index (χ0) is 15.0. The van der Waals surface area contributed by atoms with Crippen molar-refractivity contribution in [1.82, 2.24) is 4.90 Å². The van der Waals surface area contributed by atoms with Crippen molar-refractivity contribution >= 4 is 0 Å². The summed E-state index contributed by atoms with van der Waals surface area (Å²) in [7, 11) is 0. The summed E-state index contributed by atoms with van der Waals surface area (Å²) in [5, 5.41) is 0. The van der Waals surface area contributed by atoms with Gasteiger partial charge in [-0.25, -0.2) is 0 Å². The molecule has 0 amide bonds. The minimum absolute atomic E-state index is 0.345. The van der Waals surface area contributed by atoms with Crippen LogP contribution in [0.1, 0.15) is 53.9 Å². The summed E-state index contributed by atoms with van der Waals surface area (Å²) in [5.74, 6) is 1.69. The first-order valence-corrected chi connectivity index (χ1v) is 8.20. The average Bonchev–Trinajstić information content (AvgIpc) is 2.39. The van der Waals surface area contributed by atoms with Crippen LogP contribution in [0.4, 0.5) is 0 Å². The Morgan fingerprint density at radius 2 is 1.80 bits per heavy atom. The van der Waals surface area contributed by atoms with E-state index in [-0.39, 0.29) is 0 Å². The van der Waals surface area contributed by atoms with Crippen LogP contribution in [-0.2, 0) is 4.74 Å². The number of allylic oxidation sites excluding steroid dienone is 3. The van der Waals surface area contributed by atoms with Gasteiger partial charge in [-0.3, -0.25) is 4.90 Å². The molecule has 0 radical (unpaired) electrons. The molecule has 0 aliphatic heterocycles. The lowest BCUT2D eigenvalue weighted by Crippen LogP contribution is -2.29. The maximum Gasteiger partial charge on any atom is 0.115 e. The Balaban J connectivity index is 2.30. The van der Waals surface area contributed by atoms with Crippen molar-refractivity contribution in [3.05, 3.63) is 24.0 Å². The molecule has 116 valence electrons. The van der Waals surface area contributed by atoms with E-state index < -0.39 is 0 Å². The van der Waals surface area contributed by atoms with E-state index in [2.05, 4.69) is 57.7 Å². The zero-order valence-electron chi connectivity index (χ0n) is 14.1. The standard InChI is InChI=1S/C18H33NO/c1-6-12-19(13-7-2)14-15-20-17-10-8-16(9-11-17)18(3,4)5/h8,10-11,16H,6-7,9,12-15H2,1-5H3. The third-order valence-electron chi connectivity index (χ3n) is 3.93. The topological polar surface area (TPSA) is 12.5 Å². The van der Waals surface area contributed by atoms with Gasteiger partial charge in [-0.05, 0) is 55.8 Å². The van der Waals surface area contributed by atoms with Crippen LogP contribution in [0, 0.1) is 11.3 Å². The lowest BCUT2D eigenvalue weighted by atomic mass is 9.77. The predicted octanol–water partition coefficient (Wildman–Crippen LogP) is 4.63. The smallest absolute Gasteiger partial charge is 0.115 e. The third-order valence-corrected chi connectivity index (χ3v) is 3.93. The summed E-state index contributed by atoms with van der Waals surface area (Å²) in [6.45, 7) is 15.6. The number of rotatable bonds is 8. The Kier molecular flexibility index (Phi) is 7.36. The van der Waals surface area contributed by atoms with Crippen molar-refractivity contribution in [2.24, 2.45) is 11.3 Å². The summed E-state index contributed by atoms with van der Waals surface area (Å²) >= 11 is 0. The molecule has 20 heavy (non-hydrogen) atoms. The van der Waals surface area contributed by atoms with Gasteiger partial charge in [-0.15, -0.1) is 0 Å². The van der Waals surface area contributed by atoms with E-state index in [4.69, 9.17) is 4.74 Å². The largest absolute Gasteiger partial charge is 0.493 e. The number of hydrogen-bond acceptors (Lipinski definition) is 2. The molecule has 0 heterocycles. The summed E-state index contributed by atoms with van der Waals surface area (Å²) in [4.78, 5) is 2.49. The van der Waals surface area contributed by atoms with Crippen LogP contribution in [0.25, 0.3) is 0 Å². The van der Waals surface area contributed by atoms with Crippen LogP contribution in [-0.4, -0.2) is 31.1 Å². The molecule has 0 spiro atoms. The van der Waals surface area contributed by atoms with Crippen LogP contribution in [0.15, 0.2) is 24.0 Å². The summed E-state index contributed by atoms with van der Waals surface area (Å²) < 4.78 is 5.90. The number of hydrogen-bond donors (Lipinski definition) is 0. The first-order valence-electron chi connectivity index (χ1n) is 8.20. The van der Waals surface area contributed by atoms with Gasteiger partial charge in [0.25, 0.3) is 0 Å². The number of ether oxygens (including phenoxy) is 1. The van der Waals surface area contributed by atoms with Crippen molar-refractivity contribution in [2.75, 3.05) is 26.2 Å². The highest BCUT2D eigenvalue weighted by Gasteiger charge is 2.23. The van der Waals surface area contributed by atoms with Crippen LogP contribution < -0.4 is 0 Å². The highest BCUT2D eigenvalue weighted by molar-refractivity contribution is 5.19. The van der Waals surface area contributed by atoms with Gasteiger partial charge < -0.3 is 4.74 Å². The van der Waals surface area contributed by atoms with E-state index in [1.807, 2.05) is 0 Å². The summed E-state index contributed by atoms with van der Waals surface area (Å²) in [5.41, 5.74) is 0.345. The Bertz CT molecular complexity index is 319. The number of nitrogens with zero attached hydrogens (tertiary/aromatic N) is 1. The molecule has 1 rings (SSSR count). The van der Waals surface area contributed by atoms with Crippen molar-refractivity contribution < 1.29 is 4.74 Å². The second-order valence-electron chi connectivity index (χ2n) is 6.86. The molecule has 1 aliphatic carbocycles. The Morgan fingerprint density at radius 3 is 2.25 bits per heavy atom. The fourth-order valence-corrected chi connectivity index (χ4v) is 2.61. The molecule has 1 atom stereocenters. The maximum atomic E-state index is 5.90. The SMILES string of the molecule is CCCN(CCC)CCOC1=CCC(C(C)(C)C)C=C1. The molecule has 2 heteroatoms. The molecule has 1 aliphatic rings. The molecule has 0 aromatic rings. The highest BCUT2D eigenvalue weighted by Crippen LogP contribution is 2.33. The molecule has 0 saturated heterocycles. The monoisotopic (exact) mass is 279 g/mol. The average molecular weight is 279 g/mol. The quantitative estimate of drug-likeness (QED) is 0.642. The molecule has 0 bridgehead atoms. The molecular formula is C18H33NO. The van der Waals surface area contributed by atoms with E-state index in [1.165, 1.54) is 25.9 Å². The van der Waals surface area contributed by atoms with Gasteiger partial charge in [-0.2, -0.15) is 0 Å². The van der Waals surface area contributed by atoms with Gasteiger partial charge in [0.05, 0.1) is 0 Å². The Labute approximate surface area is 125 Å². The molecule has 0 fully saturated rings. The lowest BCUT2D eigenvalue weighted by Gasteiger charge is -2.29. The maximum absolute atomic E-state index is 5.90.